The number of hydrogen-bond acceptors (Lipinski definition) is 5. The van der Waals surface area contributed by atoms with Gasteiger partial charge in [0.2, 0.25) is 11.8 Å². The van der Waals surface area contributed by atoms with E-state index in [2.05, 4.69) is 25.5 Å². The third-order valence-electron chi connectivity index (χ3n) is 5.15. The van der Waals surface area contributed by atoms with Gasteiger partial charge >= 0.3 is 6.36 Å². The second-order valence-electron chi connectivity index (χ2n) is 7.54. The lowest BCUT2D eigenvalue weighted by atomic mass is 9.97. The van der Waals surface area contributed by atoms with Crippen LogP contribution in [0.25, 0.3) is 16.9 Å². The van der Waals surface area contributed by atoms with Crippen molar-refractivity contribution in [3.05, 3.63) is 53.6 Å². The van der Waals surface area contributed by atoms with Gasteiger partial charge in [0.25, 0.3) is 0 Å². The molecule has 1 aliphatic heterocycles. The monoisotopic (exact) mass is 497 g/mol. The Morgan fingerprint density at radius 3 is 2.65 bits per heavy atom. The Labute approximate surface area is 194 Å². The molecule has 13 heteroatoms. The lowest BCUT2D eigenvalue weighted by Crippen LogP contribution is -2.28. The second kappa shape index (κ2) is 8.93. The summed E-state index contributed by atoms with van der Waals surface area (Å²) >= 11 is 6.01. The first-order valence-corrected chi connectivity index (χ1v) is 10.2. The number of ether oxygens (including phenoxy) is 1. The highest BCUT2D eigenvalue weighted by Crippen LogP contribution is 2.32. The summed E-state index contributed by atoms with van der Waals surface area (Å²) in [5, 5.41) is 9.72. The molecule has 2 aromatic heterocycles. The fourth-order valence-corrected chi connectivity index (χ4v) is 3.70. The van der Waals surface area contributed by atoms with E-state index in [1.54, 1.807) is 6.92 Å². The van der Waals surface area contributed by atoms with Crippen LogP contribution in [0.2, 0.25) is 5.02 Å². The number of anilines is 1. The molecular weight excluding hydrogens is 482 g/mol. The number of benzene rings is 1. The van der Waals surface area contributed by atoms with Crippen LogP contribution in [0.5, 0.6) is 5.75 Å². The number of carbonyl (C=O) groups excluding carboxylic acids is 2. The molecule has 2 atom stereocenters. The first kappa shape index (κ1) is 23.5. The normalized spacial score (nSPS) is 18.0. The van der Waals surface area contributed by atoms with Gasteiger partial charge in [-0.25, -0.2) is 9.07 Å². The van der Waals surface area contributed by atoms with E-state index in [9.17, 15) is 27.2 Å². The minimum atomic E-state index is -5.02. The SMILES string of the molecule is C[C@H]1C(=O)NC[C@@H]1C(=O)Nc1cc(-c2cc(F)cc(OC(F)(F)F)c2)n(-c2cncc(Cl)c2)n1. The van der Waals surface area contributed by atoms with E-state index in [0.29, 0.717) is 11.8 Å². The minimum absolute atomic E-state index is 0.0155. The van der Waals surface area contributed by atoms with Crippen LogP contribution in [0, 0.1) is 17.7 Å². The summed E-state index contributed by atoms with van der Waals surface area (Å²) in [6.45, 7) is 1.77. The molecule has 1 fully saturated rings. The van der Waals surface area contributed by atoms with Gasteiger partial charge in [0.05, 0.1) is 28.5 Å². The number of nitrogens with zero attached hydrogens (tertiary/aromatic N) is 3. The first-order chi connectivity index (χ1) is 16.0. The molecule has 0 aliphatic carbocycles. The summed E-state index contributed by atoms with van der Waals surface area (Å²) in [7, 11) is 0. The number of rotatable bonds is 5. The molecular formula is C21H16ClF4N5O3. The van der Waals surface area contributed by atoms with Crippen molar-refractivity contribution in [1.29, 1.82) is 0 Å². The highest BCUT2D eigenvalue weighted by molar-refractivity contribution is 6.30. The average molecular weight is 498 g/mol. The quantitative estimate of drug-likeness (QED) is 0.520. The van der Waals surface area contributed by atoms with Crippen LogP contribution >= 0.6 is 11.6 Å². The minimum Gasteiger partial charge on any atom is -0.406 e. The van der Waals surface area contributed by atoms with Crippen molar-refractivity contribution in [3.63, 3.8) is 0 Å². The average Bonchev–Trinajstić information content (AvgIpc) is 3.30. The van der Waals surface area contributed by atoms with E-state index >= 15 is 0 Å². The Balaban J connectivity index is 1.75. The molecule has 1 aliphatic rings. The van der Waals surface area contributed by atoms with Gasteiger partial charge in [-0.15, -0.1) is 18.3 Å². The summed E-state index contributed by atoms with van der Waals surface area (Å²) in [4.78, 5) is 28.4. The number of alkyl halides is 3. The smallest absolute Gasteiger partial charge is 0.406 e. The van der Waals surface area contributed by atoms with Gasteiger partial charge in [-0.2, -0.15) is 0 Å². The summed E-state index contributed by atoms with van der Waals surface area (Å²) in [6, 6.07) is 5.38. The van der Waals surface area contributed by atoms with Crippen LogP contribution in [0.15, 0.2) is 42.7 Å². The first-order valence-electron chi connectivity index (χ1n) is 9.86. The zero-order valence-electron chi connectivity index (χ0n) is 17.4. The van der Waals surface area contributed by atoms with Crippen LogP contribution in [0.4, 0.5) is 23.4 Å². The molecule has 0 unspecified atom stereocenters. The number of pyridine rings is 1. The highest BCUT2D eigenvalue weighted by Gasteiger charge is 2.36. The molecule has 4 rings (SSSR count). The van der Waals surface area contributed by atoms with Crippen molar-refractivity contribution in [3.8, 4) is 22.7 Å². The molecule has 178 valence electrons. The molecule has 34 heavy (non-hydrogen) atoms. The van der Waals surface area contributed by atoms with Gasteiger partial charge in [0, 0.05) is 36.4 Å². The highest BCUT2D eigenvalue weighted by atomic mass is 35.5. The van der Waals surface area contributed by atoms with Crippen LogP contribution in [-0.4, -0.2) is 39.5 Å². The maximum atomic E-state index is 14.2. The standard InChI is InChI=1S/C21H16ClF4N5O3/c1-10-16(9-28-19(10)32)20(33)29-18-6-17(31(30-18)14-4-12(22)7-27-8-14)11-2-13(23)5-15(3-11)34-21(24,25)26/h2-8,10,16H,9H2,1H3,(H,28,32)(H,29,30,33)/t10-,16+/m1/s1. The largest absolute Gasteiger partial charge is 0.573 e. The predicted molar refractivity (Wildman–Crippen MR) is 113 cm³/mol. The Morgan fingerprint density at radius 1 is 1.24 bits per heavy atom. The predicted octanol–water partition coefficient (Wildman–Crippen LogP) is 3.95. The Morgan fingerprint density at radius 2 is 2.00 bits per heavy atom. The van der Waals surface area contributed by atoms with E-state index < -0.39 is 35.7 Å². The Hall–Kier alpha value is -3.67. The Bertz CT molecular complexity index is 1260. The van der Waals surface area contributed by atoms with Crippen molar-refractivity contribution in [1.82, 2.24) is 20.1 Å². The van der Waals surface area contributed by atoms with Crippen LogP contribution in [0.3, 0.4) is 0 Å². The van der Waals surface area contributed by atoms with Crippen molar-refractivity contribution >= 4 is 29.2 Å². The third-order valence-corrected chi connectivity index (χ3v) is 5.35. The molecule has 0 spiro atoms. The van der Waals surface area contributed by atoms with Crippen LogP contribution in [0.1, 0.15) is 6.92 Å². The summed E-state index contributed by atoms with van der Waals surface area (Å²) in [6.07, 6.45) is -2.29. The van der Waals surface area contributed by atoms with Gasteiger partial charge in [-0.05, 0) is 18.2 Å². The van der Waals surface area contributed by atoms with E-state index in [1.807, 2.05) is 0 Å². The lowest BCUT2D eigenvalue weighted by molar-refractivity contribution is -0.274. The second-order valence-corrected chi connectivity index (χ2v) is 7.98. The number of halogens is 5. The van der Waals surface area contributed by atoms with E-state index in [1.165, 1.54) is 29.2 Å². The maximum Gasteiger partial charge on any atom is 0.573 e. The van der Waals surface area contributed by atoms with E-state index in [4.69, 9.17) is 11.6 Å². The molecule has 1 aromatic carbocycles. The molecule has 0 bridgehead atoms. The van der Waals surface area contributed by atoms with Crippen molar-refractivity contribution < 1.29 is 31.9 Å². The lowest BCUT2D eigenvalue weighted by Gasteiger charge is -2.12. The number of nitrogens with one attached hydrogen (secondary N) is 2. The Kier molecular flexibility index (Phi) is 6.17. The molecule has 0 saturated carbocycles. The van der Waals surface area contributed by atoms with E-state index in [0.717, 1.165) is 12.1 Å². The molecule has 2 amide bonds. The molecule has 3 aromatic rings. The molecule has 3 heterocycles. The molecule has 1 saturated heterocycles. The van der Waals surface area contributed by atoms with Crippen molar-refractivity contribution in [2.24, 2.45) is 11.8 Å². The number of hydrogen-bond donors (Lipinski definition) is 2. The topological polar surface area (TPSA) is 98.1 Å². The third kappa shape index (κ3) is 5.11. The summed E-state index contributed by atoms with van der Waals surface area (Å²) in [5.74, 6) is -3.66. The molecule has 8 nitrogen and oxygen atoms in total. The van der Waals surface area contributed by atoms with Gasteiger partial charge < -0.3 is 15.4 Å². The zero-order valence-corrected chi connectivity index (χ0v) is 18.1. The fourth-order valence-electron chi connectivity index (χ4n) is 3.53. The number of carbonyl (C=O) groups is 2. The van der Waals surface area contributed by atoms with Gasteiger partial charge in [0.15, 0.2) is 5.82 Å². The van der Waals surface area contributed by atoms with Gasteiger partial charge in [-0.3, -0.25) is 14.6 Å². The maximum absolute atomic E-state index is 14.2. The van der Waals surface area contributed by atoms with Crippen molar-refractivity contribution in [2.45, 2.75) is 13.3 Å². The number of aromatic nitrogens is 3. The fraction of sp³-hybridized carbons (Fsp3) is 0.238. The number of amides is 2. The summed E-state index contributed by atoms with van der Waals surface area (Å²) < 4.78 is 57.3. The van der Waals surface area contributed by atoms with Crippen molar-refractivity contribution in [2.75, 3.05) is 11.9 Å². The molecule has 0 radical (unpaired) electrons. The zero-order chi connectivity index (χ0) is 24.6. The van der Waals surface area contributed by atoms with Gasteiger partial charge in [0.1, 0.15) is 11.6 Å². The molecule has 2 N–H and O–H groups in total. The summed E-state index contributed by atoms with van der Waals surface area (Å²) in [5.41, 5.74) is 0.412. The van der Waals surface area contributed by atoms with Crippen LogP contribution in [-0.2, 0) is 9.59 Å². The van der Waals surface area contributed by atoms with E-state index in [-0.39, 0.29) is 34.5 Å². The van der Waals surface area contributed by atoms with Gasteiger partial charge in [-0.1, -0.05) is 18.5 Å². The van der Waals surface area contributed by atoms with Crippen LogP contribution < -0.4 is 15.4 Å².